The Morgan fingerprint density at radius 2 is 1.62 bits per heavy atom. The Hall–Kier alpha value is -1.93. The number of aliphatic imine (C=N–C) groups is 1. The molecule has 3 aromatic carbocycles. The normalized spacial score (nSPS) is 10.5. The van der Waals surface area contributed by atoms with E-state index in [1.165, 1.54) is 45.4 Å². The molecule has 3 rings (SSSR count). The summed E-state index contributed by atoms with van der Waals surface area (Å²) < 4.78 is 0. The monoisotopic (exact) mass is 349 g/mol. The van der Waals surface area contributed by atoms with E-state index in [9.17, 15) is 0 Å². The van der Waals surface area contributed by atoms with E-state index in [2.05, 4.69) is 77.8 Å². The second-order valence-corrected chi connectivity index (χ2v) is 7.03. The van der Waals surface area contributed by atoms with Gasteiger partial charge in [-0.1, -0.05) is 43.7 Å². The summed E-state index contributed by atoms with van der Waals surface area (Å²) in [5.41, 5.74) is 3.23. The van der Waals surface area contributed by atoms with Gasteiger partial charge in [0.05, 0.1) is 10.8 Å². The first-order valence-corrected chi connectivity index (χ1v) is 9.54. The van der Waals surface area contributed by atoms with Crippen LogP contribution in [0.5, 0.6) is 0 Å². The first kappa shape index (κ1) is 16.9. The Morgan fingerprint density at radius 1 is 0.917 bits per heavy atom. The van der Waals surface area contributed by atoms with Crippen LogP contribution in [0.3, 0.4) is 0 Å². The maximum absolute atomic E-state index is 4.64. The van der Waals surface area contributed by atoms with E-state index in [-0.39, 0.29) is 0 Å². The van der Waals surface area contributed by atoms with Crippen LogP contribution in [0.25, 0.3) is 21.9 Å². The smallest absolute Gasteiger partial charge is 0.0739 e. The molecule has 0 fully saturated rings. The van der Waals surface area contributed by atoms with Crippen molar-refractivity contribution in [3.8, 4) is 11.1 Å². The van der Waals surface area contributed by atoms with Gasteiger partial charge in [0.1, 0.15) is 0 Å². The van der Waals surface area contributed by atoms with E-state index in [1.807, 2.05) is 23.9 Å². The average Bonchev–Trinajstić information content (AvgIpc) is 2.62. The van der Waals surface area contributed by atoms with Crippen molar-refractivity contribution < 1.29 is 0 Å². The molecule has 0 atom stereocenters. The Balaban J connectivity index is 1.85. The van der Waals surface area contributed by atoms with Crippen LogP contribution in [0.1, 0.15) is 19.8 Å². The standard InChI is InChI=1S/C21H19NS2/c1-2-3-12-24-21-11-8-18-13-17(4-5-19(18)14-21)16-6-9-20(10-7-16)22-15-23/h4-11,13-14H,2-3,12H2,1H3. The minimum absolute atomic E-state index is 0.836. The van der Waals surface area contributed by atoms with Crippen molar-refractivity contribution in [3.05, 3.63) is 60.7 Å². The molecule has 0 unspecified atom stereocenters. The highest BCUT2D eigenvalue weighted by Crippen LogP contribution is 2.29. The Bertz CT molecular complexity index is 878. The van der Waals surface area contributed by atoms with E-state index in [0.29, 0.717) is 0 Å². The van der Waals surface area contributed by atoms with Gasteiger partial charge in [-0.2, -0.15) is 4.99 Å². The lowest BCUT2D eigenvalue weighted by Gasteiger charge is -2.07. The van der Waals surface area contributed by atoms with Crippen LogP contribution in [0.2, 0.25) is 0 Å². The topological polar surface area (TPSA) is 12.4 Å². The number of fused-ring (bicyclic) bond motifs is 1. The second kappa shape index (κ2) is 8.25. The van der Waals surface area contributed by atoms with Crippen molar-refractivity contribution in [1.29, 1.82) is 0 Å². The van der Waals surface area contributed by atoms with Crippen LogP contribution in [0, 0.1) is 0 Å². The van der Waals surface area contributed by atoms with Crippen molar-refractivity contribution in [1.82, 2.24) is 0 Å². The van der Waals surface area contributed by atoms with Crippen LogP contribution in [-0.4, -0.2) is 10.9 Å². The van der Waals surface area contributed by atoms with Gasteiger partial charge in [0.2, 0.25) is 0 Å². The molecule has 0 aliphatic heterocycles. The summed E-state index contributed by atoms with van der Waals surface area (Å²) in [6.45, 7) is 2.23. The van der Waals surface area contributed by atoms with Gasteiger partial charge in [0.15, 0.2) is 0 Å². The second-order valence-electron chi connectivity index (χ2n) is 5.68. The van der Waals surface area contributed by atoms with Crippen LogP contribution in [0.15, 0.2) is 70.6 Å². The molecule has 0 saturated carbocycles. The highest BCUT2D eigenvalue weighted by molar-refractivity contribution is 7.99. The fraction of sp³-hybridized carbons (Fsp3) is 0.190. The van der Waals surface area contributed by atoms with E-state index in [0.717, 1.165) is 5.69 Å². The SMILES string of the molecule is CCCCSc1ccc2cc(-c3ccc(N=C=S)cc3)ccc2c1. The molecule has 0 N–H and O–H groups in total. The number of rotatable bonds is 6. The number of benzene rings is 3. The lowest BCUT2D eigenvalue weighted by Crippen LogP contribution is -1.82. The van der Waals surface area contributed by atoms with Gasteiger partial charge in [-0.25, -0.2) is 0 Å². The lowest BCUT2D eigenvalue weighted by atomic mass is 10.0. The van der Waals surface area contributed by atoms with Crippen LogP contribution in [0.4, 0.5) is 5.69 Å². The van der Waals surface area contributed by atoms with Gasteiger partial charge in [-0.15, -0.1) is 11.8 Å². The third-order valence-electron chi connectivity index (χ3n) is 3.95. The molecule has 24 heavy (non-hydrogen) atoms. The summed E-state index contributed by atoms with van der Waals surface area (Å²) in [6, 6.07) is 21.4. The van der Waals surface area contributed by atoms with Crippen LogP contribution in [-0.2, 0) is 0 Å². The fourth-order valence-electron chi connectivity index (χ4n) is 2.61. The summed E-state index contributed by atoms with van der Waals surface area (Å²) >= 11 is 6.58. The molecule has 0 aromatic heterocycles. The fourth-order valence-corrected chi connectivity index (χ4v) is 3.76. The Morgan fingerprint density at radius 3 is 2.38 bits per heavy atom. The largest absolute Gasteiger partial charge is 0.195 e. The Kier molecular flexibility index (Phi) is 5.81. The minimum Gasteiger partial charge on any atom is -0.195 e. The number of thioether (sulfide) groups is 1. The van der Waals surface area contributed by atoms with E-state index >= 15 is 0 Å². The lowest BCUT2D eigenvalue weighted by molar-refractivity contribution is 0.896. The van der Waals surface area contributed by atoms with Gasteiger partial charge in [0.25, 0.3) is 0 Å². The quantitative estimate of drug-likeness (QED) is 0.203. The summed E-state index contributed by atoms with van der Waals surface area (Å²) in [6.07, 6.45) is 2.52. The molecular weight excluding hydrogens is 330 g/mol. The maximum atomic E-state index is 4.64. The third kappa shape index (κ3) is 4.12. The van der Waals surface area contributed by atoms with Gasteiger partial charge >= 0.3 is 0 Å². The molecule has 120 valence electrons. The highest BCUT2D eigenvalue weighted by atomic mass is 32.2. The average molecular weight is 350 g/mol. The number of thiocarbonyl (C=S) groups is 1. The van der Waals surface area contributed by atoms with E-state index in [1.54, 1.807) is 0 Å². The number of hydrogen-bond donors (Lipinski definition) is 0. The van der Waals surface area contributed by atoms with Crippen LogP contribution >= 0.6 is 24.0 Å². The summed E-state index contributed by atoms with van der Waals surface area (Å²) in [5.74, 6) is 1.19. The zero-order valence-corrected chi connectivity index (χ0v) is 15.3. The number of unbranched alkanes of at least 4 members (excludes halogenated alkanes) is 1. The summed E-state index contributed by atoms with van der Waals surface area (Å²) in [4.78, 5) is 5.35. The summed E-state index contributed by atoms with van der Waals surface area (Å²) in [5, 5.41) is 4.96. The third-order valence-corrected chi connectivity index (χ3v) is 5.13. The number of nitrogens with zero attached hydrogens (tertiary/aromatic N) is 1. The van der Waals surface area contributed by atoms with E-state index < -0.39 is 0 Å². The molecule has 0 saturated heterocycles. The molecule has 0 radical (unpaired) electrons. The molecule has 0 amide bonds. The van der Waals surface area contributed by atoms with Gasteiger partial charge in [0, 0.05) is 4.90 Å². The van der Waals surface area contributed by atoms with E-state index in [4.69, 9.17) is 0 Å². The number of isothiocyanates is 1. The summed E-state index contributed by atoms with van der Waals surface area (Å²) in [7, 11) is 0. The van der Waals surface area contributed by atoms with Crippen LogP contribution < -0.4 is 0 Å². The van der Waals surface area contributed by atoms with Gasteiger partial charge in [-0.05, 0) is 76.6 Å². The molecule has 0 aliphatic carbocycles. The molecule has 3 aromatic rings. The molecule has 0 bridgehead atoms. The molecule has 0 spiro atoms. The van der Waals surface area contributed by atoms with Gasteiger partial charge in [-0.3, -0.25) is 0 Å². The number of hydrogen-bond acceptors (Lipinski definition) is 3. The molecule has 0 heterocycles. The van der Waals surface area contributed by atoms with Crippen molar-refractivity contribution in [2.45, 2.75) is 24.7 Å². The predicted molar refractivity (Wildman–Crippen MR) is 110 cm³/mol. The first-order valence-electron chi connectivity index (χ1n) is 8.15. The van der Waals surface area contributed by atoms with Gasteiger partial charge < -0.3 is 0 Å². The highest BCUT2D eigenvalue weighted by Gasteiger charge is 2.02. The van der Waals surface area contributed by atoms with Crippen molar-refractivity contribution in [2.24, 2.45) is 4.99 Å². The Labute approximate surface area is 152 Å². The van der Waals surface area contributed by atoms with Crippen molar-refractivity contribution in [2.75, 3.05) is 5.75 Å². The minimum atomic E-state index is 0.836. The first-order chi connectivity index (χ1) is 11.8. The molecule has 3 heteroatoms. The van der Waals surface area contributed by atoms with Crippen molar-refractivity contribution in [3.63, 3.8) is 0 Å². The molecule has 0 aliphatic rings. The zero-order chi connectivity index (χ0) is 16.8. The maximum Gasteiger partial charge on any atom is 0.0739 e. The molecular formula is C21H19NS2. The van der Waals surface area contributed by atoms with Crippen molar-refractivity contribution >= 4 is 45.6 Å². The predicted octanol–water partition coefficient (Wildman–Crippen LogP) is 7.13. The molecule has 1 nitrogen and oxygen atoms in total. The zero-order valence-electron chi connectivity index (χ0n) is 13.7.